The molecule has 9 heterocycles. The Morgan fingerprint density at radius 1 is 0.398 bits per heavy atom. The van der Waals surface area contributed by atoms with Gasteiger partial charge in [0.2, 0.25) is 0 Å². The van der Waals surface area contributed by atoms with Gasteiger partial charge in [0.15, 0.2) is 0 Å². The molecule has 18 rings (SSSR count). The number of carbonyl (C=O) groups excluding carboxylic acids is 1. The minimum Gasteiger partial charge on any atom is -0.367 e. The maximum atomic E-state index is 11.4. The third-order valence-electron chi connectivity index (χ3n) is 25.2. The number of hydrogen-bond donors (Lipinski definition) is 1. The fourth-order valence-corrected chi connectivity index (χ4v) is 19.1. The molecule has 0 spiro atoms. The van der Waals surface area contributed by atoms with E-state index < -0.39 is 0 Å². The molecule has 3 saturated carbocycles. The van der Waals surface area contributed by atoms with Crippen molar-refractivity contribution in [1.29, 1.82) is 15.8 Å². The van der Waals surface area contributed by atoms with Crippen molar-refractivity contribution < 1.29 is 19.3 Å². The van der Waals surface area contributed by atoms with Crippen LogP contribution in [-0.4, -0.2) is 192 Å². The number of anilines is 3. The second-order valence-corrected chi connectivity index (χ2v) is 33.6. The van der Waals surface area contributed by atoms with Gasteiger partial charge in [-0.2, -0.15) is 31.0 Å². The monoisotopic (exact) mass is 1580 g/mol. The standard InChI is InChI=1S/2C32H38N6O.C16H22N4O.C16H16N2O/c2*1-35(2)39-22-24-17-26-5-4-12-34-32(26)31(19-24)38-15-13-37(14-16-38)27-9-7-25(8-10-27)29-21-36(3)30-11-6-23(20-33)18-28(29)30;1-19(2)21-12-13-10-14-4-3-5-18-16(14)15(11-13)20-8-6-17-7-9-20;1-18-10-15(12-3-5-13(19)6-4-12)14-8-11(9-17)2-7-16(14)18/h2*4-6,11-12,17-19,21,25,27H,7-10,13-16,22H2,1-3H3;3-5,10-11,17H,6-9,12H2,1-2H3;2,7-8,10,12H,3-6H2,1H3. The lowest BCUT2D eigenvalue weighted by Gasteiger charge is -2.43. The number of pyridine rings is 3. The number of fused-ring (bicyclic) bond motifs is 6. The van der Waals surface area contributed by atoms with E-state index in [9.17, 15) is 15.3 Å². The number of aromatic nitrogens is 6. The molecule has 12 aromatic rings. The van der Waals surface area contributed by atoms with Gasteiger partial charge in [0.25, 0.3) is 0 Å². The van der Waals surface area contributed by atoms with E-state index in [0.29, 0.717) is 73.8 Å². The minimum atomic E-state index is 0.384. The molecule has 0 bridgehead atoms. The van der Waals surface area contributed by atoms with Crippen LogP contribution in [0.5, 0.6) is 0 Å². The summed E-state index contributed by atoms with van der Waals surface area (Å²) < 4.78 is 6.55. The number of aryl methyl sites for hydroxylation is 3. The number of nitrogens with zero attached hydrogens (tertiary/aromatic N) is 17. The zero-order valence-corrected chi connectivity index (χ0v) is 70.3. The summed E-state index contributed by atoms with van der Waals surface area (Å²) in [6.07, 6.45) is 25.5. The average Bonchev–Trinajstić information content (AvgIpc) is 1.74. The molecule has 0 amide bonds. The number of nitriles is 3. The van der Waals surface area contributed by atoms with Crippen LogP contribution in [0.25, 0.3) is 65.4 Å². The van der Waals surface area contributed by atoms with Crippen LogP contribution < -0.4 is 20.0 Å². The van der Waals surface area contributed by atoms with Crippen LogP contribution in [0, 0.1) is 34.0 Å². The predicted molar refractivity (Wildman–Crippen MR) is 472 cm³/mol. The van der Waals surface area contributed by atoms with E-state index in [4.69, 9.17) is 29.7 Å². The Hall–Kier alpha value is -10.7. The molecule has 3 aliphatic carbocycles. The summed E-state index contributed by atoms with van der Waals surface area (Å²) in [4.78, 5) is 55.4. The number of benzene rings is 6. The first-order chi connectivity index (χ1) is 57.4. The van der Waals surface area contributed by atoms with Gasteiger partial charge >= 0.3 is 0 Å². The number of Topliss-reactive ketones (excluding diaryl/α,β-unsaturated/α-hetero) is 1. The van der Waals surface area contributed by atoms with Crippen LogP contribution in [0.4, 0.5) is 17.1 Å². The Labute approximate surface area is 694 Å². The van der Waals surface area contributed by atoms with Crippen molar-refractivity contribution in [3.05, 3.63) is 215 Å². The van der Waals surface area contributed by atoms with E-state index in [1.807, 2.05) is 116 Å². The number of piperazine rings is 3. The fraction of sp³-hybridized carbons (Fsp3) is 0.427. The van der Waals surface area contributed by atoms with Gasteiger partial charge in [-0.1, -0.05) is 18.2 Å². The van der Waals surface area contributed by atoms with Crippen molar-refractivity contribution in [2.75, 3.05) is 136 Å². The third-order valence-corrected chi connectivity index (χ3v) is 25.2. The molecule has 118 heavy (non-hydrogen) atoms. The van der Waals surface area contributed by atoms with Crippen molar-refractivity contribution in [3.63, 3.8) is 0 Å². The maximum Gasteiger partial charge on any atom is 0.132 e. The highest BCUT2D eigenvalue weighted by Crippen LogP contribution is 2.43. The molecule has 6 fully saturated rings. The Kier molecular flexibility index (Phi) is 26.5. The van der Waals surface area contributed by atoms with Crippen molar-refractivity contribution >= 4 is 88.3 Å². The average molecular weight is 1580 g/mol. The highest BCUT2D eigenvalue weighted by molar-refractivity contribution is 5.94. The summed E-state index contributed by atoms with van der Waals surface area (Å²) in [5, 5.41) is 43.7. The molecular weight excluding hydrogens is 1470 g/mol. The van der Waals surface area contributed by atoms with Gasteiger partial charge in [-0.15, -0.1) is 0 Å². The summed E-state index contributed by atoms with van der Waals surface area (Å²) >= 11 is 0. The number of hydrogen-bond acceptors (Lipinski definition) is 19. The second kappa shape index (κ2) is 38.0. The molecular formula is C96H114N18O4. The van der Waals surface area contributed by atoms with Crippen molar-refractivity contribution in [2.24, 2.45) is 21.1 Å². The summed E-state index contributed by atoms with van der Waals surface area (Å²) in [5.74, 6) is 1.99. The van der Waals surface area contributed by atoms with Gasteiger partial charge in [-0.25, -0.2) is 0 Å². The first-order valence-electron chi connectivity index (χ1n) is 42.4. The van der Waals surface area contributed by atoms with E-state index in [2.05, 4.69) is 178 Å². The first kappa shape index (κ1) is 82.5. The highest BCUT2D eigenvalue weighted by atomic mass is 16.7. The first-order valence-corrected chi connectivity index (χ1v) is 42.4. The minimum absolute atomic E-state index is 0.384. The summed E-state index contributed by atoms with van der Waals surface area (Å²) in [7, 11) is 17.8. The van der Waals surface area contributed by atoms with E-state index in [0.717, 1.165) is 125 Å². The van der Waals surface area contributed by atoms with Gasteiger partial charge in [0, 0.05) is 253 Å². The highest BCUT2D eigenvalue weighted by Gasteiger charge is 2.34. The normalized spacial score (nSPS) is 19.2. The molecule has 0 radical (unpaired) electrons. The molecule has 6 aliphatic rings. The molecule has 612 valence electrons. The number of rotatable bonds is 17. The number of hydroxylamine groups is 6. The molecule has 3 saturated heterocycles. The van der Waals surface area contributed by atoms with Crippen molar-refractivity contribution in [3.8, 4) is 18.2 Å². The summed E-state index contributed by atoms with van der Waals surface area (Å²) in [6.45, 7) is 14.2. The largest absolute Gasteiger partial charge is 0.367 e. The Bertz CT molecular complexity index is 5390. The van der Waals surface area contributed by atoms with Gasteiger partial charge in [0.1, 0.15) is 5.78 Å². The third kappa shape index (κ3) is 19.2. The van der Waals surface area contributed by atoms with Gasteiger partial charge < -0.3 is 33.7 Å². The summed E-state index contributed by atoms with van der Waals surface area (Å²) in [5.41, 5.74) is 20.4. The van der Waals surface area contributed by atoms with Crippen LogP contribution in [-0.2, 0) is 60.3 Å². The predicted octanol–water partition coefficient (Wildman–Crippen LogP) is 15.8. The molecule has 1 N–H and O–H groups in total. The van der Waals surface area contributed by atoms with E-state index in [-0.39, 0.29) is 0 Å². The van der Waals surface area contributed by atoms with Gasteiger partial charge in [0.05, 0.1) is 88.3 Å². The number of nitrogens with one attached hydrogen (secondary N) is 1. The number of carbonyl (C=O) groups is 1. The van der Waals surface area contributed by atoms with Crippen LogP contribution >= 0.6 is 0 Å². The van der Waals surface area contributed by atoms with E-state index >= 15 is 0 Å². The maximum absolute atomic E-state index is 11.4. The zero-order valence-electron chi connectivity index (χ0n) is 70.3. The number of ketones is 1. The molecule has 0 unspecified atom stereocenters. The van der Waals surface area contributed by atoms with Crippen LogP contribution in [0.3, 0.4) is 0 Å². The molecule has 22 heteroatoms. The lowest BCUT2D eigenvalue weighted by molar-refractivity contribution is -0.130. The van der Waals surface area contributed by atoms with Crippen molar-refractivity contribution in [1.82, 2.24) is 59.0 Å². The SMILES string of the molecule is CN(C)OCc1cc(N2CCN(C3CCC(c4cn(C)c5ccc(C#N)cc45)CC3)CC2)c2ncccc2c1.CN(C)OCc1cc(N2CCN(C3CCC(c4cn(C)c5ccc(C#N)cc45)CC3)CC2)c2ncccc2c1.CN(C)OCc1cc(N2CCNCC2)c2ncccc2c1.Cn1cc(C2CCC(=O)CC2)c2cc(C#N)ccc21. The molecule has 3 aliphatic heterocycles. The molecule has 22 nitrogen and oxygen atoms in total. The Balaban J connectivity index is 0.000000129. The van der Waals surface area contributed by atoms with Crippen molar-refractivity contribution in [2.45, 2.75) is 127 Å². The van der Waals surface area contributed by atoms with E-state index in [1.54, 1.807) is 15.2 Å². The quantitative estimate of drug-likeness (QED) is 0.0841. The smallest absolute Gasteiger partial charge is 0.132 e. The topological polar surface area (TPSA) is 208 Å². The Morgan fingerprint density at radius 2 is 0.712 bits per heavy atom. The molecule has 6 aromatic carbocycles. The van der Waals surface area contributed by atoms with Crippen LogP contribution in [0.1, 0.15) is 145 Å². The van der Waals surface area contributed by atoms with Gasteiger partial charge in [-0.3, -0.25) is 44.1 Å². The van der Waals surface area contributed by atoms with Gasteiger partial charge in [-0.05, 0) is 225 Å². The lowest BCUT2D eigenvalue weighted by atomic mass is 9.81. The lowest BCUT2D eigenvalue weighted by Crippen LogP contribution is -2.51. The summed E-state index contributed by atoms with van der Waals surface area (Å²) in [6, 6.07) is 51.9. The fourth-order valence-electron chi connectivity index (χ4n) is 19.1. The van der Waals surface area contributed by atoms with E-state index in [1.165, 1.54) is 145 Å². The molecule has 6 aromatic heterocycles. The molecule has 0 atom stereocenters. The Morgan fingerprint density at radius 3 is 1.03 bits per heavy atom. The van der Waals surface area contributed by atoms with Crippen LogP contribution in [0.2, 0.25) is 0 Å². The van der Waals surface area contributed by atoms with Crippen LogP contribution in [0.15, 0.2) is 165 Å². The second-order valence-electron chi connectivity index (χ2n) is 33.6. The zero-order chi connectivity index (χ0) is 81.9.